The lowest BCUT2D eigenvalue weighted by Gasteiger charge is -2.10. The Bertz CT molecular complexity index is 997. The average Bonchev–Trinajstić information content (AvgIpc) is 3.00. The summed E-state index contributed by atoms with van der Waals surface area (Å²) >= 11 is 0. The number of aryl methyl sites for hydroxylation is 1. The van der Waals surface area contributed by atoms with Crippen molar-refractivity contribution in [2.75, 3.05) is 11.9 Å². The van der Waals surface area contributed by atoms with E-state index >= 15 is 0 Å². The summed E-state index contributed by atoms with van der Waals surface area (Å²) in [5, 5.41) is 14.0. The van der Waals surface area contributed by atoms with Crippen LogP contribution in [-0.2, 0) is 6.54 Å². The molecule has 140 valence electrons. The third kappa shape index (κ3) is 3.74. The van der Waals surface area contributed by atoms with Crippen molar-refractivity contribution in [3.05, 3.63) is 58.1 Å². The quantitative estimate of drug-likeness (QED) is 0.502. The molecule has 0 fully saturated rings. The second-order valence-corrected chi connectivity index (χ2v) is 5.90. The van der Waals surface area contributed by atoms with Crippen LogP contribution in [0.25, 0.3) is 11.0 Å². The number of hydrogen-bond donors (Lipinski definition) is 1. The third-order valence-corrected chi connectivity index (χ3v) is 4.04. The second-order valence-electron chi connectivity index (χ2n) is 5.90. The maximum absolute atomic E-state index is 12.7. The fourth-order valence-electron chi connectivity index (χ4n) is 2.87. The van der Waals surface area contributed by atoms with Gasteiger partial charge in [-0.25, -0.2) is 4.98 Å². The zero-order chi connectivity index (χ0) is 19.4. The number of nitrogens with one attached hydrogen (secondary N) is 1. The van der Waals surface area contributed by atoms with Crippen molar-refractivity contribution in [3.8, 4) is 5.75 Å². The Morgan fingerprint density at radius 2 is 2.04 bits per heavy atom. The van der Waals surface area contributed by atoms with Gasteiger partial charge in [-0.15, -0.1) is 0 Å². The average molecular weight is 368 g/mol. The van der Waals surface area contributed by atoms with E-state index in [1.165, 1.54) is 18.2 Å². The molecule has 0 aliphatic carbocycles. The highest BCUT2D eigenvalue weighted by atomic mass is 16.6. The molecule has 0 saturated carbocycles. The summed E-state index contributed by atoms with van der Waals surface area (Å²) < 4.78 is 7.18. The van der Waals surface area contributed by atoms with Gasteiger partial charge in [-0.1, -0.05) is 19.1 Å². The van der Waals surface area contributed by atoms with Crippen molar-refractivity contribution in [1.29, 1.82) is 0 Å². The van der Waals surface area contributed by atoms with Crippen LogP contribution in [0.15, 0.2) is 42.5 Å². The predicted molar refractivity (Wildman–Crippen MR) is 102 cm³/mol. The van der Waals surface area contributed by atoms with Crippen LogP contribution in [0.5, 0.6) is 5.75 Å². The molecule has 1 heterocycles. The standard InChI is InChI=1S/C19H20N4O4/c1-3-11-22-15-8-6-5-7-14(15)20-19(22)21-18(24)13-9-10-17(27-4-2)16(12-13)23(25)26/h5-10,12H,3-4,11H2,1-2H3,(H,20,21,24). The lowest BCUT2D eigenvalue weighted by molar-refractivity contribution is -0.385. The van der Waals surface area contributed by atoms with Gasteiger partial charge in [0, 0.05) is 18.2 Å². The minimum Gasteiger partial charge on any atom is -0.487 e. The number of hydrogen-bond acceptors (Lipinski definition) is 5. The van der Waals surface area contributed by atoms with Crippen molar-refractivity contribution in [2.24, 2.45) is 0 Å². The maximum Gasteiger partial charge on any atom is 0.311 e. The number of imidazole rings is 1. The van der Waals surface area contributed by atoms with Gasteiger partial charge in [0.05, 0.1) is 22.6 Å². The number of para-hydroxylation sites is 2. The molecule has 0 atom stereocenters. The Morgan fingerprint density at radius 1 is 1.26 bits per heavy atom. The van der Waals surface area contributed by atoms with Crippen molar-refractivity contribution in [3.63, 3.8) is 0 Å². The highest BCUT2D eigenvalue weighted by Gasteiger charge is 2.20. The van der Waals surface area contributed by atoms with E-state index in [4.69, 9.17) is 4.74 Å². The van der Waals surface area contributed by atoms with Gasteiger partial charge in [-0.3, -0.25) is 20.2 Å². The van der Waals surface area contributed by atoms with Crippen molar-refractivity contribution >= 4 is 28.6 Å². The normalized spacial score (nSPS) is 10.7. The van der Waals surface area contributed by atoms with Gasteiger partial charge in [0.25, 0.3) is 5.91 Å². The van der Waals surface area contributed by atoms with Crippen LogP contribution in [0, 0.1) is 10.1 Å². The number of nitro groups is 1. The lowest BCUT2D eigenvalue weighted by atomic mass is 10.1. The number of amides is 1. The Kier molecular flexibility index (Phi) is 5.35. The molecule has 1 aromatic heterocycles. The van der Waals surface area contributed by atoms with Crippen molar-refractivity contribution in [2.45, 2.75) is 26.8 Å². The zero-order valence-corrected chi connectivity index (χ0v) is 15.1. The SMILES string of the molecule is CCCn1c(NC(=O)c2ccc(OCC)c([N+](=O)[O-])c2)nc2ccccc21. The van der Waals surface area contributed by atoms with Crippen molar-refractivity contribution in [1.82, 2.24) is 9.55 Å². The summed E-state index contributed by atoms with van der Waals surface area (Å²) in [6, 6.07) is 11.8. The van der Waals surface area contributed by atoms with E-state index < -0.39 is 10.8 Å². The molecule has 3 aromatic rings. The molecule has 1 amide bonds. The summed E-state index contributed by atoms with van der Waals surface area (Å²) in [7, 11) is 0. The highest BCUT2D eigenvalue weighted by molar-refractivity contribution is 6.04. The number of carbonyl (C=O) groups is 1. The number of anilines is 1. The molecule has 0 bridgehead atoms. The summed E-state index contributed by atoms with van der Waals surface area (Å²) in [5.74, 6) is 0.0886. The Labute approximate surface area is 155 Å². The number of carbonyl (C=O) groups excluding carboxylic acids is 1. The molecule has 3 rings (SSSR count). The summed E-state index contributed by atoms with van der Waals surface area (Å²) in [4.78, 5) is 27.8. The smallest absolute Gasteiger partial charge is 0.311 e. The monoisotopic (exact) mass is 368 g/mol. The van der Waals surface area contributed by atoms with Gasteiger partial charge < -0.3 is 9.30 Å². The molecule has 8 nitrogen and oxygen atoms in total. The molecule has 2 aromatic carbocycles. The first kappa shape index (κ1) is 18.4. The summed E-state index contributed by atoms with van der Waals surface area (Å²) in [6.07, 6.45) is 0.873. The number of nitro benzene ring substituents is 1. The highest BCUT2D eigenvalue weighted by Crippen LogP contribution is 2.28. The van der Waals surface area contributed by atoms with Gasteiger partial charge in [0.15, 0.2) is 5.75 Å². The number of rotatable bonds is 7. The molecule has 8 heteroatoms. The first-order valence-corrected chi connectivity index (χ1v) is 8.73. The van der Waals surface area contributed by atoms with E-state index in [0.29, 0.717) is 19.1 Å². The lowest BCUT2D eigenvalue weighted by Crippen LogP contribution is -2.16. The van der Waals surface area contributed by atoms with Crippen LogP contribution < -0.4 is 10.1 Å². The molecular weight excluding hydrogens is 348 g/mol. The molecular formula is C19H20N4O4. The number of fused-ring (bicyclic) bond motifs is 1. The molecule has 0 aliphatic rings. The van der Waals surface area contributed by atoms with Crippen LogP contribution in [-0.4, -0.2) is 27.0 Å². The van der Waals surface area contributed by atoms with Crippen molar-refractivity contribution < 1.29 is 14.5 Å². The first-order chi connectivity index (χ1) is 13.0. The zero-order valence-electron chi connectivity index (χ0n) is 15.1. The number of ether oxygens (including phenoxy) is 1. The number of nitrogens with zero attached hydrogens (tertiary/aromatic N) is 3. The molecule has 0 aliphatic heterocycles. The second kappa shape index (κ2) is 7.86. The minimum atomic E-state index is -0.561. The van der Waals surface area contributed by atoms with Crippen LogP contribution in [0.2, 0.25) is 0 Å². The van der Waals surface area contributed by atoms with E-state index in [9.17, 15) is 14.9 Å². The van der Waals surface area contributed by atoms with Gasteiger partial charge in [0.1, 0.15) is 0 Å². The molecule has 27 heavy (non-hydrogen) atoms. The van der Waals surface area contributed by atoms with E-state index in [1.807, 2.05) is 35.8 Å². The molecule has 0 radical (unpaired) electrons. The van der Waals surface area contributed by atoms with Gasteiger partial charge >= 0.3 is 5.69 Å². The fourth-order valence-corrected chi connectivity index (χ4v) is 2.87. The third-order valence-electron chi connectivity index (χ3n) is 4.04. The van der Waals surface area contributed by atoms with Crippen LogP contribution in [0.1, 0.15) is 30.6 Å². The molecule has 0 spiro atoms. The van der Waals surface area contributed by atoms with E-state index in [-0.39, 0.29) is 17.0 Å². The largest absolute Gasteiger partial charge is 0.487 e. The maximum atomic E-state index is 12.7. The topological polar surface area (TPSA) is 99.3 Å². The fraction of sp³-hybridized carbons (Fsp3) is 0.263. The minimum absolute atomic E-state index is 0.136. The summed E-state index contributed by atoms with van der Waals surface area (Å²) in [6.45, 7) is 4.77. The van der Waals surface area contributed by atoms with Crippen LogP contribution >= 0.6 is 0 Å². The van der Waals surface area contributed by atoms with E-state index in [0.717, 1.165) is 17.5 Å². The van der Waals surface area contributed by atoms with Gasteiger partial charge in [-0.05, 0) is 37.6 Å². The number of benzene rings is 2. The Morgan fingerprint density at radius 3 is 2.74 bits per heavy atom. The predicted octanol–water partition coefficient (Wildman–Crippen LogP) is 4.01. The Balaban J connectivity index is 1.94. The Hall–Kier alpha value is -3.42. The molecule has 0 saturated heterocycles. The van der Waals surface area contributed by atoms with E-state index in [1.54, 1.807) is 6.92 Å². The molecule has 0 unspecified atom stereocenters. The van der Waals surface area contributed by atoms with Crippen LogP contribution in [0.3, 0.4) is 0 Å². The van der Waals surface area contributed by atoms with Crippen LogP contribution in [0.4, 0.5) is 11.6 Å². The van der Waals surface area contributed by atoms with E-state index in [2.05, 4.69) is 10.3 Å². The summed E-state index contributed by atoms with van der Waals surface area (Å²) in [5.41, 5.74) is 1.62. The number of aromatic nitrogens is 2. The van der Waals surface area contributed by atoms with Gasteiger partial charge in [-0.2, -0.15) is 0 Å². The first-order valence-electron chi connectivity index (χ1n) is 8.73. The van der Waals surface area contributed by atoms with Gasteiger partial charge in [0.2, 0.25) is 5.95 Å². The molecule has 1 N–H and O–H groups in total.